The topological polar surface area (TPSA) is 108 Å². The van der Waals surface area contributed by atoms with Crippen LogP contribution in [0.1, 0.15) is 96.6 Å². The smallest absolute Gasteiger partial charge is 0.271 e. The molecule has 3 fully saturated rings. The molecule has 0 radical (unpaired) electrons. The highest BCUT2D eigenvalue weighted by Crippen LogP contribution is 2.47. The molecule has 1 aromatic carbocycles. The number of carbonyl (C=O) groups is 4. The average molecular weight is 581 g/mol. The maximum absolute atomic E-state index is 13.3. The van der Waals surface area contributed by atoms with Crippen LogP contribution >= 0.6 is 23.1 Å². The second-order valence-electron chi connectivity index (χ2n) is 12.1. The zero-order valence-electron chi connectivity index (χ0n) is 23.0. The van der Waals surface area contributed by atoms with Gasteiger partial charge in [0.2, 0.25) is 11.8 Å². The lowest BCUT2D eigenvalue weighted by molar-refractivity contribution is -0.136. The first-order valence-electron chi connectivity index (χ1n) is 14.4. The molecule has 2 aromatic rings. The van der Waals surface area contributed by atoms with Crippen LogP contribution in [-0.2, 0) is 21.9 Å². The molecule has 3 atom stereocenters. The maximum atomic E-state index is 13.3. The highest BCUT2D eigenvalue weighted by molar-refractivity contribution is 7.98. The normalized spacial score (nSPS) is 29.8. The lowest BCUT2D eigenvalue weighted by Gasteiger charge is -2.49. The Bertz CT molecular complexity index is 1340. The van der Waals surface area contributed by atoms with Gasteiger partial charge in [0.15, 0.2) is 0 Å². The van der Waals surface area contributed by atoms with E-state index in [0.29, 0.717) is 41.8 Å². The summed E-state index contributed by atoms with van der Waals surface area (Å²) in [6.45, 7) is 4.90. The molecular weight excluding hydrogens is 544 g/mol. The number of benzene rings is 1. The minimum Gasteiger partial charge on any atom is -0.345 e. The van der Waals surface area contributed by atoms with Gasteiger partial charge in [0, 0.05) is 34.3 Å². The summed E-state index contributed by atoms with van der Waals surface area (Å²) in [6, 6.07) is 5.01. The molecule has 3 heterocycles. The molecule has 2 bridgehead atoms. The lowest BCUT2D eigenvalue weighted by Crippen LogP contribution is -2.54. The van der Waals surface area contributed by atoms with Crippen molar-refractivity contribution in [3.05, 3.63) is 45.4 Å². The van der Waals surface area contributed by atoms with Gasteiger partial charge < -0.3 is 10.2 Å². The fourth-order valence-electron chi connectivity index (χ4n) is 7.52. The molecule has 212 valence electrons. The SMILES string of the molecule is CCC1(NC(=O)c2csc(CSc3cccc4c3CN(C3CCC(=O)NC3=O)C4=O)n2)CC2CC(C)CC(C2)C1. The van der Waals surface area contributed by atoms with E-state index in [1.54, 1.807) is 22.7 Å². The average Bonchev–Trinajstić information content (AvgIpc) is 3.52. The minimum absolute atomic E-state index is 0.0755. The summed E-state index contributed by atoms with van der Waals surface area (Å²) in [5, 5.41) is 8.48. The summed E-state index contributed by atoms with van der Waals surface area (Å²) in [7, 11) is 0. The molecule has 6 rings (SSSR count). The van der Waals surface area contributed by atoms with Crippen molar-refractivity contribution < 1.29 is 19.2 Å². The molecule has 40 heavy (non-hydrogen) atoms. The number of thiazole rings is 1. The van der Waals surface area contributed by atoms with E-state index >= 15 is 0 Å². The van der Waals surface area contributed by atoms with E-state index in [4.69, 9.17) is 0 Å². The van der Waals surface area contributed by atoms with Crippen LogP contribution in [0.2, 0.25) is 0 Å². The Balaban J connectivity index is 1.10. The van der Waals surface area contributed by atoms with Gasteiger partial charge in [0.1, 0.15) is 16.7 Å². The Hall–Kier alpha value is -2.72. The predicted molar refractivity (Wildman–Crippen MR) is 154 cm³/mol. The summed E-state index contributed by atoms with van der Waals surface area (Å²) in [5.41, 5.74) is 1.86. The molecule has 10 heteroatoms. The summed E-state index contributed by atoms with van der Waals surface area (Å²) < 4.78 is 0. The van der Waals surface area contributed by atoms with Gasteiger partial charge in [0.05, 0.1) is 5.75 Å². The zero-order valence-corrected chi connectivity index (χ0v) is 24.7. The second kappa shape index (κ2) is 10.9. The van der Waals surface area contributed by atoms with Crippen molar-refractivity contribution in [3.8, 4) is 0 Å². The number of nitrogens with one attached hydrogen (secondary N) is 2. The quantitative estimate of drug-likeness (QED) is 0.356. The molecule has 2 aliphatic carbocycles. The Morgan fingerprint density at radius 1 is 1.20 bits per heavy atom. The van der Waals surface area contributed by atoms with Crippen LogP contribution in [0.5, 0.6) is 0 Å². The van der Waals surface area contributed by atoms with E-state index in [1.165, 1.54) is 30.6 Å². The molecule has 4 amide bonds. The third-order valence-electron chi connectivity index (χ3n) is 9.23. The first-order valence-corrected chi connectivity index (χ1v) is 16.3. The Morgan fingerprint density at radius 3 is 2.70 bits per heavy atom. The van der Waals surface area contributed by atoms with Gasteiger partial charge in [0.25, 0.3) is 11.8 Å². The number of nitrogens with zero attached hydrogens (tertiary/aromatic N) is 2. The third kappa shape index (κ3) is 5.32. The molecule has 4 aliphatic rings. The van der Waals surface area contributed by atoms with Crippen LogP contribution in [0.4, 0.5) is 0 Å². The van der Waals surface area contributed by atoms with Crippen LogP contribution < -0.4 is 10.6 Å². The van der Waals surface area contributed by atoms with Crippen molar-refractivity contribution >= 4 is 46.7 Å². The van der Waals surface area contributed by atoms with Gasteiger partial charge in [-0.05, 0) is 80.4 Å². The molecular formula is C30H36N4O4S2. The van der Waals surface area contributed by atoms with Crippen LogP contribution in [0.25, 0.3) is 0 Å². The van der Waals surface area contributed by atoms with Gasteiger partial charge in [-0.15, -0.1) is 23.1 Å². The van der Waals surface area contributed by atoms with E-state index < -0.39 is 11.9 Å². The number of piperidine rings is 1. The summed E-state index contributed by atoms with van der Waals surface area (Å²) >= 11 is 3.07. The minimum atomic E-state index is -0.631. The Kier molecular flexibility index (Phi) is 7.50. The molecule has 1 saturated heterocycles. The highest BCUT2D eigenvalue weighted by atomic mass is 32.2. The van der Waals surface area contributed by atoms with Crippen molar-refractivity contribution in [2.45, 2.75) is 94.0 Å². The van der Waals surface area contributed by atoms with E-state index in [0.717, 1.165) is 40.6 Å². The summed E-state index contributed by atoms with van der Waals surface area (Å²) in [4.78, 5) is 57.6. The molecule has 2 N–H and O–H groups in total. The van der Waals surface area contributed by atoms with E-state index in [9.17, 15) is 19.2 Å². The van der Waals surface area contributed by atoms with Gasteiger partial charge in [-0.3, -0.25) is 24.5 Å². The van der Waals surface area contributed by atoms with Gasteiger partial charge in [-0.1, -0.05) is 19.9 Å². The van der Waals surface area contributed by atoms with Gasteiger partial charge in [-0.2, -0.15) is 0 Å². The number of rotatable bonds is 7. The molecule has 1 aromatic heterocycles. The number of carbonyl (C=O) groups excluding carboxylic acids is 4. The maximum Gasteiger partial charge on any atom is 0.271 e. The van der Waals surface area contributed by atoms with Crippen LogP contribution in [0.3, 0.4) is 0 Å². The number of thioether (sulfide) groups is 1. The molecule has 2 saturated carbocycles. The summed E-state index contributed by atoms with van der Waals surface area (Å²) in [5.74, 6) is 1.83. The Morgan fingerprint density at radius 2 is 1.98 bits per heavy atom. The van der Waals surface area contributed by atoms with Gasteiger partial charge >= 0.3 is 0 Å². The molecule has 0 spiro atoms. The zero-order chi connectivity index (χ0) is 28.0. The van der Waals surface area contributed by atoms with Gasteiger partial charge in [-0.25, -0.2) is 4.98 Å². The van der Waals surface area contributed by atoms with Crippen LogP contribution in [0.15, 0.2) is 28.5 Å². The number of hydrogen-bond acceptors (Lipinski definition) is 7. The van der Waals surface area contributed by atoms with Crippen LogP contribution in [0, 0.1) is 17.8 Å². The van der Waals surface area contributed by atoms with Crippen LogP contribution in [-0.4, -0.2) is 45.1 Å². The summed E-state index contributed by atoms with van der Waals surface area (Å²) in [6.07, 6.45) is 7.50. The van der Waals surface area contributed by atoms with Crippen molar-refractivity contribution in [2.24, 2.45) is 17.8 Å². The number of amides is 4. The number of aromatic nitrogens is 1. The molecule has 8 nitrogen and oxygen atoms in total. The lowest BCUT2D eigenvalue weighted by atomic mass is 9.61. The fourth-order valence-corrected chi connectivity index (χ4v) is 9.39. The first-order chi connectivity index (χ1) is 19.2. The van der Waals surface area contributed by atoms with E-state index in [-0.39, 0.29) is 29.7 Å². The molecule has 3 unspecified atom stereocenters. The monoisotopic (exact) mass is 580 g/mol. The number of hydrogen-bond donors (Lipinski definition) is 2. The third-order valence-corrected chi connectivity index (χ3v) is 11.4. The van der Waals surface area contributed by atoms with E-state index in [1.807, 2.05) is 17.5 Å². The van der Waals surface area contributed by atoms with Crippen molar-refractivity contribution in [3.63, 3.8) is 0 Å². The van der Waals surface area contributed by atoms with Crippen molar-refractivity contribution in [2.75, 3.05) is 0 Å². The second-order valence-corrected chi connectivity index (χ2v) is 14.1. The molecule has 2 aliphatic heterocycles. The van der Waals surface area contributed by atoms with Crippen molar-refractivity contribution in [1.29, 1.82) is 0 Å². The van der Waals surface area contributed by atoms with E-state index in [2.05, 4.69) is 29.5 Å². The number of imide groups is 1. The largest absolute Gasteiger partial charge is 0.345 e. The first kappa shape index (κ1) is 27.4. The fraction of sp³-hybridized carbons (Fsp3) is 0.567. The Labute approximate surface area is 243 Å². The predicted octanol–water partition coefficient (Wildman–Crippen LogP) is 4.92. The van der Waals surface area contributed by atoms with Crippen molar-refractivity contribution in [1.82, 2.24) is 20.5 Å². The number of fused-ring (bicyclic) bond motifs is 3. The standard InChI is InChI=1S/C30H36N4O4S2/c1-3-30(12-18-9-17(2)10-19(11-18)13-30)33-27(36)22-15-40-26(31-22)16-39-24-6-4-5-20-21(24)14-34(29(20)38)23-7-8-25(35)32-28(23)37/h4-6,15,17-19,23H,3,7-14,16H2,1-2H3,(H,33,36)(H,32,35,37). The highest BCUT2D eigenvalue weighted by Gasteiger charge is 2.44.